The molecule has 144 valence electrons. The van der Waals surface area contributed by atoms with Gasteiger partial charge >= 0.3 is 5.97 Å². The summed E-state index contributed by atoms with van der Waals surface area (Å²) in [7, 11) is 3.05. The maximum Gasteiger partial charge on any atom is 0.341 e. The van der Waals surface area contributed by atoms with Crippen molar-refractivity contribution in [2.45, 2.75) is 13.0 Å². The smallest absolute Gasteiger partial charge is 0.341 e. The Hall–Kier alpha value is -2.80. The van der Waals surface area contributed by atoms with Gasteiger partial charge in [-0.15, -0.1) is 0 Å². The van der Waals surface area contributed by atoms with E-state index in [4.69, 9.17) is 25.8 Å². The van der Waals surface area contributed by atoms with Gasteiger partial charge in [0.1, 0.15) is 17.3 Å². The maximum absolute atomic E-state index is 13.6. The zero-order chi connectivity index (χ0) is 20.0. The monoisotopic (exact) mass is 395 g/mol. The second-order valence-electron chi connectivity index (χ2n) is 5.60. The van der Waals surface area contributed by atoms with Gasteiger partial charge in [-0.05, 0) is 43.3 Å². The number of amides is 1. The van der Waals surface area contributed by atoms with Crippen molar-refractivity contribution in [3.63, 3.8) is 0 Å². The van der Waals surface area contributed by atoms with Crippen LogP contribution in [0.25, 0.3) is 0 Å². The average Bonchev–Trinajstić information content (AvgIpc) is 2.67. The number of hydrogen-bond acceptors (Lipinski definition) is 5. The van der Waals surface area contributed by atoms with Gasteiger partial charge in [-0.2, -0.15) is 0 Å². The standard InChI is InChI=1S/C19H19ClFNO5/c1-11(14-9-13(25-2)5-7-17(14)26-3)22-18(23)10-27-19(24)15-8-12(20)4-6-16(15)21/h4-9,11H,10H2,1-3H3,(H,22,23)/t11-/m0/s1. The molecule has 0 saturated carbocycles. The number of ether oxygens (including phenoxy) is 3. The Labute approximate surface area is 161 Å². The summed E-state index contributed by atoms with van der Waals surface area (Å²) in [6.45, 7) is 1.18. The topological polar surface area (TPSA) is 73.9 Å². The highest BCUT2D eigenvalue weighted by atomic mass is 35.5. The Morgan fingerprint density at radius 1 is 1.15 bits per heavy atom. The van der Waals surface area contributed by atoms with E-state index in [0.29, 0.717) is 17.1 Å². The van der Waals surface area contributed by atoms with Crippen LogP contribution in [0.1, 0.15) is 28.9 Å². The number of methoxy groups -OCH3 is 2. The van der Waals surface area contributed by atoms with Crippen molar-refractivity contribution in [2.24, 2.45) is 0 Å². The molecule has 0 aliphatic carbocycles. The summed E-state index contributed by atoms with van der Waals surface area (Å²) in [5, 5.41) is 2.87. The third-order valence-electron chi connectivity index (χ3n) is 3.76. The van der Waals surface area contributed by atoms with Crippen molar-refractivity contribution in [2.75, 3.05) is 20.8 Å². The lowest BCUT2D eigenvalue weighted by Gasteiger charge is -2.18. The van der Waals surface area contributed by atoms with Crippen LogP contribution in [0.3, 0.4) is 0 Å². The number of carbonyl (C=O) groups excluding carboxylic acids is 2. The Morgan fingerprint density at radius 2 is 1.89 bits per heavy atom. The molecule has 6 nitrogen and oxygen atoms in total. The minimum absolute atomic E-state index is 0.187. The van der Waals surface area contributed by atoms with Gasteiger partial charge in [0.15, 0.2) is 6.61 Å². The molecule has 0 spiro atoms. The molecular formula is C19H19ClFNO5. The quantitative estimate of drug-likeness (QED) is 0.726. The fraction of sp³-hybridized carbons (Fsp3) is 0.263. The van der Waals surface area contributed by atoms with Gasteiger partial charge in [-0.25, -0.2) is 9.18 Å². The first kappa shape index (κ1) is 20.5. The molecule has 1 atom stereocenters. The van der Waals surface area contributed by atoms with Crippen molar-refractivity contribution in [1.82, 2.24) is 5.32 Å². The number of halogens is 2. The normalized spacial score (nSPS) is 11.4. The molecule has 0 aliphatic heterocycles. The van der Waals surface area contributed by atoms with Crippen molar-refractivity contribution in [3.8, 4) is 11.5 Å². The van der Waals surface area contributed by atoms with Gasteiger partial charge in [0.25, 0.3) is 5.91 Å². The summed E-state index contributed by atoms with van der Waals surface area (Å²) in [6.07, 6.45) is 0. The molecular weight excluding hydrogens is 377 g/mol. The number of carbonyl (C=O) groups is 2. The molecule has 0 unspecified atom stereocenters. The van der Waals surface area contributed by atoms with Crippen LogP contribution in [0.5, 0.6) is 11.5 Å². The Bertz CT molecular complexity index is 843. The molecule has 0 aliphatic rings. The Morgan fingerprint density at radius 3 is 2.56 bits per heavy atom. The van der Waals surface area contributed by atoms with Gasteiger partial charge < -0.3 is 19.5 Å². The van der Waals surface area contributed by atoms with Gasteiger partial charge in [-0.3, -0.25) is 4.79 Å². The van der Waals surface area contributed by atoms with E-state index < -0.39 is 30.3 Å². The fourth-order valence-corrected chi connectivity index (χ4v) is 2.57. The lowest BCUT2D eigenvalue weighted by molar-refractivity contribution is -0.124. The summed E-state index contributed by atoms with van der Waals surface area (Å²) in [4.78, 5) is 24.0. The van der Waals surface area contributed by atoms with E-state index in [2.05, 4.69) is 5.32 Å². The van der Waals surface area contributed by atoms with Crippen LogP contribution in [-0.2, 0) is 9.53 Å². The molecule has 2 rings (SSSR count). The second kappa shape index (κ2) is 9.23. The van der Waals surface area contributed by atoms with Crippen molar-refractivity contribution < 1.29 is 28.2 Å². The van der Waals surface area contributed by atoms with Crippen molar-refractivity contribution >= 4 is 23.5 Å². The molecule has 0 radical (unpaired) electrons. The van der Waals surface area contributed by atoms with Gasteiger partial charge in [0.05, 0.1) is 25.8 Å². The van der Waals surface area contributed by atoms with E-state index in [1.54, 1.807) is 25.1 Å². The number of rotatable bonds is 7. The van der Waals surface area contributed by atoms with Gasteiger partial charge in [0.2, 0.25) is 0 Å². The lowest BCUT2D eigenvalue weighted by Crippen LogP contribution is -2.31. The van der Waals surface area contributed by atoms with Gasteiger partial charge in [-0.1, -0.05) is 11.6 Å². The first-order valence-corrected chi connectivity index (χ1v) is 8.37. The molecule has 0 heterocycles. The van der Waals surface area contributed by atoms with Crippen molar-refractivity contribution in [3.05, 3.63) is 58.4 Å². The third-order valence-corrected chi connectivity index (χ3v) is 4.00. The minimum atomic E-state index is -0.975. The van der Waals surface area contributed by atoms with Crippen LogP contribution in [0.15, 0.2) is 36.4 Å². The van der Waals surface area contributed by atoms with Crippen LogP contribution in [0.2, 0.25) is 5.02 Å². The van der Waals surface area contributed by atoms with Gasteiger partial charge in [0, 0.05) is 10.6 Å². The summed E-state index contributed by atoms with van der Waals surface area (Å²) in [5.74, 6) is -1.13. The van der Waals surface area contributed by atoms with E-state index in [9.17, 15) is 14.0 Å². The highest BCUT2D eigenvalue weighted by Gasteiger charge is 2.18. The highest BCUT2D eigenvalue weighted by Crippen LogP contribution is 2.29. The van der Waals surface area contributed by atoms with E-state index in [-0.39, 0.29) is 10.6 Å². The molecule has 0 bridgehead atoms. The first-order chi connectivity index (χ1) is 12.8. The number of esters is 1. The van der Waals surface area contributed by atoms with E-state index in [1.807, 2.05) is 0 Å². The Kier molecular flexibility index (Phi) is 7.01. The molecule has 27 heavy (non-hydrogen) atoms. The highest BCUT2D eigenvalue weighted by molar-refractivity contribution is 6.30. The predicted octanol–water partition coefficient (Wildman–Crippen LogP) is 3.53. The maximum atomic E-state index is 13.6. The largest absolute Gasteiger partial charge is 0.497 e. The van der Waals surface area contributed by atoms with E-state index in [0.717, 1.165) is 12.1 Å². The molecule has 0 saturated heterocycles. The summed E-state index contributed by atoms with van der Waals surface area (Å²) >= 11 is 5.74. The van der Waals surface area contributed by atoms with E-state index >= 15 is 0 Å². The minimum Gasteiger partial charge on any atom is -0.497 e. The molecule has 2 aromatic rings. The third kappa shape index (κ3) is 5.34. The molecule has 8 heteroatoms. The van der Waals surface area contributed by atoms with Crippen molar-refractivity contribution in [1.29, 1.82) is 0 Å². The zero-order valence-electron chi connectivity index (χ0n) is 15.0. The number of benzene rings is 2. The molecule has 2 aromatic carbocycles. The van der Waals surface area contributed by atoms with E-state index in [1.165, 1.54) is 20.3 Å². The fourth-order valence-electron chi connectivity index (χ4n) is 2.40. The van der Waals surface area contributed by atoms with Crippen LogP contribution >= 0.6 is 11.6 Å². The lowest BCUT2D eigenvalue weighted by atomic mass is 10.1. The van der Waals surface area contributed by atoms with Crippen LogP contribution in [0, 0.1) is 5.82 Å². The predicted molar refractivity (Wildman–Crippen MR) is 97.8 cm³/mol. The molecule has 1 amide bonds. The molecule has 1 N–H and O–H groups in total. The SMILES string of the molecule is COc1ccc(OC)c([C@H](C)NC(=O)COC(=O)c2cc(Cl)ccc2F)c1. The van der Waals surface area contributed by atoms with Crippen LogP contribution < -0.4 is 14.8 Å². The Balaban J connectivity index is 1.99. The first-order valence-electron chi connectivity index (χ1n) is 7.99. The van der Waals surface area contributed by atoms with Crippen LogP contribution in [-0.4, -0.2) is 32.7 Å². The molecule has 0 aromatic heterocycles. The summed E-state index contributed by atoms with van der Waals surface area (Å²) < 4.78 is 29.0. The molecule has 0 fully saturated rings. The second-order valence-corrected chi connectivity index (χ2v) is 6.03. The zero-order valence-corrected chi connectivity index (χ0v) is 15.8. The summed E-state index contributed by atoms with van der Waals surface area (Å²) in [6, 6.07) is 8.25. The summed E-state index contributed by atoms with van der Waals surface area (Å²) in [5.41, 5.74) is 0.357. The average molecular weight is 396 g/mol. The number of hydrogen-bond donors (Lipinski definition) is 1. The number of nitrogens with one attached hydrogen (secondary N) is 1. The van der Waals surface area contributed by atoms with Crippen LogP contribution in [0.4, 0.5) is 4.39 Å².